The topological polar surface area (TPSA) is 74.8 Å². The van der Waals surface area contributed by atoms with Crippen molar-refractivity contribution in [3.8, 4) is 0 Å². The summed E-state index contributed by atoms with van der Waals surface area (Å²) in [6, 6.07) is 43.4. The van der Waals surface area contributed by atoms with E-state index in [9.17, 15) is 19.2 Å². The number of amides is 4. The fourth-order valence-corrected chi connectivity index (χ4v) is 6.48. The zero-order valence-electron chi connectivity index (χ0n) is 24.4. The van der Waals surface area contributed by atoms with E-state index in [1.165, 1.54) is 0 Å². The maximum atomic E-state index is 14.8. The van der Waals surface area contributed by atoms with E-state index in [-0.39, 0.29) is 22.5 Å². The highest BCUT2D eigenvalue weighted by atomic mass is 16.2. The molecule has 0 saturated heterocycles. The van der Waals surface area contributed by atoms with Crippen LogP contribution in [0.15, 0.2) is 157 Å². The number of carbonyl (C=O) groups excluding carboxylic acids is 4. The molecule has 46 heavy (non-hydrogen) atoms. The second-order valence-corrected chi connectivity index (χ2v) is 11.1. The molecule has 0 saturated carbocycles. The van der Waals surface area contributed by atoms with Crippen LogP contribution in [0.25, 0.3) is 32.9 Å². The second kappa shape index (κ2) is 10.6. The van der Waals surface area contributed by atoms with Gasteiger partial charge < -0.3 is 0 Å². The van der Waals surface area contributed by atoms with Gasteiger partial charge in [0.25, 0.3) is 23.6 Å². The van der Waals surface area contributed by atoms with Crippen molar-refractivity contribution >= 4 is 56.6 Å². The van der Waals surface area contributed by atoms with Crippen molar-refractivity contribution in [2.24, 2.45) is 0 Å². The second-order valence-electron chi connectivity index (χ2n) is 11.1. The largest absolute Gasteiger partial charge is 0.268 e. The number of hydrogen-bond acceptors (Lipinski definition) is 4. The molecule has 0 aliphatic carbocycles. The van der Waals surface area contributed by atoms with Crippen LogP contribution >= 0.6 is 0 Å². The fraction of sp³-hybridized carbons (Fsp3) is 0. The average Bonchev–Trinajstić information content (AvgIpc) is 3.58. The summed E-state index contributed by atoms with van der Waals surface area (Å²) in [4.78, 5) is 60.4. The Labute approximate surface area is 264 Å². The van der Waals surface area contributed by atoms with E-state index in [1.54, 1.807) is 72.8 Å². The molecule has 0 radical (unpaired) electrons. The lowest BCUT2D eigenvalue weighted by Crippen LogP contribution is -2.36. The Morgan fingerprint density at radius 3 is 1.15 bits per heavy atom. The summed E-state index contributed by atoms with van der Waals surface area (Å²) in [5.41, 5.74) is 2.06. The van der Waals surface area contributed by atoms with Gasteiger partial charge in [0.1, 0.15) is 0 Å². The molecule has 8 rings (SSSR count). The average molecular weight is 597 g/mol. The van der Waals surface area contributed by atoms with E-state index >= 15 is 0 Å². The minimum absolute atomic E-state index is 0.0258. The lowest BCUT2D eigenvalue weighted by atomic mass is 9.96. The molecule has 218 valence electrons. The first-order valence-electron chi connectivity index (χ1n) is 14.9. The highest BCUT2D eigenvalue weighted by Gasteiger charge is 2.53. The lowest BCUT2D eigenvalue weighted by Gasteiger charge is -2.24. The third-order valence-corrected chi connectivity index (χ3v) is 8.54. The minimum Gasteiger partial charge on any atom is -0.268 e. The van der Waals surface area contributed by atoms with Gasteiger partial charge in [-0.2, -0.15) is 0 Å². The Bertz CT molecular complexity index is 2160. The molecule has 0 fully saturated rings. The van der Waals surface area contributed by atoms with Crippen LogP contribution in [0.3, 0.4) is 0 Å². The monoisotopic (exact) mass is 596 g/mol. The summed E-state index contributed by atoms with van der Waals surface area (Å²) < 4.78 is 0. The molecule has 0 atom stereocenters. The Morgan fingerprint density at radius 1 is 0.391 bits per heavy atom. The maximum absolute atomic E-state index is 14.8. The van der Waals surface area contributed by atoms with E-state index in [1.807, 2.05) is 72.8 Å². The third kappa shape index (κ3) is 4.04. The summed E-state index contributed by atoms with van der Waals surface area (Å²) in [5, 5.41) is 3.28. The van der Waals surface area contributed by atoms with Crippen LogP contribution in [0.1, 0.15) is 31.8 Å². The van der Waals surface area contributed by atoms with Crippen LogP contribution in [-0.2, 0) is 9.59 Å². The molecule has 6 nitrogen and oxygen atoms in total. The molecule has 4 amide bonds. The Kier molecular flexibility index (Phi) is 6.29. The van der Waals surface area contributed by atoms with Gasteiger partial charge in [0.15, 0.2) is 0 Å². The van der Waals surface area contributed by atoms with Crippen molar-refractivity contribution in [3.05, 3.63) is 179 Å². The van der Waals surface area contributed by atoms with Crippen molar-refractivity contribution in [1.82, 2.24) is 9.80 Å². The molecule has 0 N–H and O–H groups in total. The smallest absolute Gasteiger partial charge is 0.268 e. The van der Waals surface area contributed by atoms with Crippen molar-refractivity contribution < 1.29 is 19.2 Å². The van der Waals surface area contributed by atoms with Crippen LogP contribution in [0.5, 0.6) is 0 Å². The summed E-state index contributed by atoms with van der Waals surface area (Å²) in [6.07, 6.45) is 0. The molecule has 2 aliphatic heterocycles. The van der Waals surface area contributed by atoms with Gasteiger partial charge in [0.2, 0.25) is 0 Å². The van der Waals surface area contributed by atoms with E-state index in [4.69, 9.17) is 0 Å². The van der Waals surface area contributed by atoms with Crippen LogP contribution in [-0.4, -0.2) is 33.4 Å². The van der Waals surface area contributed by atoms with Gasteiger partial charge in [-0.3, -0.25) is 19.2 Å². The third-order valence-electron chi connectivity index (χ3n) is 8.54. The standard InChI is InChI=1S/C40H24N2O4/c43-37(27-15-3-1-4-16-27)41-35(31-23-11-19-25-13-7-9-21-29(25)31)33-34(39(41)45)36(32-24-12-20-26-14-8-10-22-30(26)32)42(40(33)46)38(44)28-17-5-2-6-18-28/h1-24H. The predicted octanol–water partition coefficient (Wildman–Crippen LogP) is 7.48. The Morgan fingerprint density at radius 2 is 0.739 bits per heavy atom. The van der Waals surface area contributed by atoms with Crippen molar-refractivity contribution in [2.45, 2.75) is 0 Å². The van der Waals surface area contributed by atoms with Gasteiger partial charge in [0, 0.05) is 22.3 Å². The van der Waals surface area contributed by atoms with E-state index < -0.39 is 23.6 Å². The van der Waals surface area contributed by atoms with Crippen molar-refractivity contribution in [1.29, 1.82) is 0 Å². The number of nitrogens with zero attached hydrogens (tertiary/aromatic N) is 2. The minimum atomic E-state index is -0.661. The zero-order valence-corrected chi connectivity index (χ0v) is 24.4. The Balaban J connectivity index is 1.48. The fourth-order valence-electron chi connectivity index (χ4n) is 6.48. The summed E-state index contributed by atoms with van der Waals surface area (Å²) in [5.74, 6) is -2.44. The SMILES string of the molecule is O=C1C2=C(c3cccc4ccccc34)N(C(=O)c3ccccc3)C(=O)C2=C(c2cccc3ccccc23)N1C(=O)c1ccccc1. The first kappa shape index (κ1) is 27.2. The lowest BCUT2D eigenvalue weighted by molar-refractivity contribution is -0.122. The van der Waals surface area contributed by atoms with Gasteiger partial charge in [-0.15, -0.1) is 0 Å². The molecule has 6 aromatic rings. The number of imide groups is 2. The Hall–Kier alpha value is -6.40. The van der Waals surface area contributed by atoms with Gasteiger partial charge >= 0.3 is 0 Å². The van der Waals surface area contributed by atoms with Crippen molar-refractivity contribution in [2.75, 3.05) is 0 Å². The number of carbonyl (C=O) groups is 4. The van der Waals surface area contributed by atoms with Crippen LogP contribution in [0.2, 0.25) is 0 Å². The molecule has 0 spiro atoms. The molecule has 6 heteroatoms. The van der Waals surface area contributed by atoms with Gasteiger partial charge in [-0.1, -0.05) is 121 Å². The number of hydrogen-bond donors (Lipinski definition) is 0. The number of benzene rings is 6. The first-order chi connectivity index (χ1) is 22.5. The highest BCUT2D eigenvalue weighted by molar-refractivity contribution is 6.38. The number of fused-ring (bicyclic) bond motifs is 3. The van der Waals surface area contributed by atoms with Crippen molar-refractivity contribution in [3.63, 3.8) is 0 Å². The van der Waals surface area contributed by atoms with E-state index in [0.29, 0.717) is 22.3 Å². The predicted molar refractivity (Wildman–Crippen MR) is 177 cm³/mol. The maximum Gasteiger partial charge on any atom is 0.268 e. The van der Waals surface area contributed by atoms with Gasteiger partial charge in [-0.05, 0) is 45.8 Å². The summed E-state index contributed by atoms with van der Waals surface area (Å²) in [6.45, 7) is 0. The molecule has 2 heterocycles. The molecule has 2 aliphatic rings. The summed E-state index contributed by atoms with van der Waals surface area (Å²) >= 11 is 0. The first-order valence-corrected chi connectivity index (χ1v) is 14.9. The molecule has 0 bridgehead atoms. The highest BCUT2D eigenvalue weighted by Crippen LogP contribution is 2.49. The molecular formula is C40H24N2O4. The van der Waals surface area contributed by atoms with Gasteiger partial charge in [-0.25, -0.2) is 9.80 Å². The van der Waals surface area contributed by atoms with Crippen LogP contribution in [0.4, 0.5) is 0 Å². The molecule has 0 aromatic heterocycles. The molecule has 0 unspecified atom stereocenters. The molecule has 6 aromatic carbocycles. The van der Waals surface area contributed by atoms with Crippen LogP contribution in [0, 0.1) is 0 Å². The van der Waals surface area contributed by atoms with Gasteiger partial charge in [0.05, 0.1) is 22.5 Å². The summed E-state index contributed by atoms with van der Waals surface area (Å²) in [7, 11) is 0. The zero-order chi connectivity index (χ0) is 31.4. The normalized spacial score (nSPS) is 14.5. The number of rotatable bonds is 4. The quantitative estimate of drug-likeness (QED) is 0.198. The van der Waals surface area contributed by atoms with Crippen LogP contribution < -0.4 is 0 Å². The van der Waals surface area contributed by atoms with E-state index in [2.05, 4.69) is 0 Å². The van der Waals surface area contributed by atoms with E-state index in [0.717, 1.165) is 31.3 Å². The molecular weight excluding hydrogens is 572 g/mol.